The minimum atomic E-state index is 0.897. The summed E-state index contributed by atoms with van der Waals surface area (Å²) >= 11 is 0. The van der Waals surface area contributed by atoms with Crippen LogP contribution in [0, 0.1) is 19.8 Å². The molecule has 0 amide bonds. The van der Waals surface area contributed by atoms with Crippen LogP contribution in [0.3, 0.4) is 0 Å². The van der Waals surface area contributed by atoms with Crippen molar-refractivity contribution in [2.45, 2.75) is 53.5 Å². The molecule has 1 saturated carbocycles. The summed E-state index contributed by atoms with van der Waals surface area (Å²) in [5.74, 6) is 2.11. The van der Waals surface area contributed by atoms with Gasteiger partial charge in [-0.1, -0.05) is 6.92 Å². The van der Waals surface area contributed by atoms with Gasteiger partial charge in [-0.3, -0.25) is 0 Å². The lowest BCUT2D eigenvalue weighted by Gasteiger charge is -2.26. The van der Waals surface area contributed by atoms with E-state index in [0.717, 1.165) is 31.2 Å². The summed E-state index contributed by atoms with van der Waals surface area (Å²) in [6.07, 6.45) is 3.96. The molecule has 0 radical (unpaired) electrons. The molecular weight excluding hydrogens is 246 g/mol. The Hall–Kier alpha value is -1.09. The number of nitrogens with one attached hydrogen (secondary N) is 1. The predicted octanol–water partition coefficient (Wildman–Crippen LogP) is 3.43. The van der Waals surface area contributed by atoms with Crippen LogP contribution in [0.15, 0.2) is 6.07 Å². The summed E-state index contributed by atoms with van der Waals surface area (Å²) in [5.41, 5.74) is 3.88. The van der Waals surface area contributed by atoms with Gasteiger partial charge in [-0.2, -0.15) is 0 Å². The highest BCUT2D eigenvalue weighted by Crippen LogP contribution is 2.32. The Morgan fingerprint density at radius 2 is 2.05 bits per heavy atom. The van der Waals surface area contributed by atoms with Crippen molar-refractivity contribution in [3.63, 3.8) is 0 Å². The van der Waals surface area contributed by atoms with Crippen molar-refractivity contribution >= 4 is 5.82 Å². The zero-order valence-electron chi connectivity index (χ0n) is 13.5. The van der Waals surface area contributed by atoms with Crippen LogP contribution >= 0.6 is 0 Å². The second-order valence-corrected chi connectivity index (χ2v) is 6.04. The average Bonchev–Trinajstić information content (AvgIpc) is 3.22. The molecule has 2 rings (SSSR count). The van der Waals surface area contributed by atoms with E-state index >= 15 is 0 Å². The normalized spacial score (nSPS) is 14.6. The minimum Gasteiger partial charge on any atom is -0.356 e. The summed E-state index contributed by atoms with van der Waals surface area (Å²) in [6.45, 7) is 13.0. The Kier molecular flexibility index (Phi) is 5.41. The SMILES string of the molecule is CCCNCc1c(C)cc(C)nc1N(CC)CC1CC1. The molecule has 20 heavy (non-hydrogen) atoms. The number of aryl methyl sites for hydroxylation is 2. The molecule has 1 aliphatic rings. The van der Waals surface area contributed by atoms with E-state index in [0.29, 0.717) is 0 Å². The zero-order chi connectivity index (χ0) is 14.5. The fraction of sp³-hybridized carbons (Fsp3) is 0.706. The first-order valence-corrected chi connectivity index (χ1v) is 8.08. The van der Waals surface area contributed by atoms with Gasteiger partial charge in [0.1, 0.15) is 5.82 Å². The highest BCUT2D eigenvalue weighted by atomic mass is 15.2. The van der Waals surface area contributed by atoms with E-state index in [4.69, 9.17) is 4.98 Å². The van der Waals surface area contributed by atoms with Crippen LogP contribution in [0.25, 0.3) is 0 Å². The highest BCUT2D eigenvalue weighted by Gasteiger charge is 2.25. The molecule has 0 aromatic carbocycles. The summed E-state index contributed by atoms with van der Waals surface area (Å²) in [6, 6.07) is 2.21. The smallest absolute Gasteiger partial charge is 0.133 e. The van der Waals surface area contributed by atoms with Crippen molar-refractivity contribution in [2.24, 2.45) is 5.92 Å². The molecule has 3 nitrogen and oxygen atoms in total. The fourth-order valence-electron chi connectivity index (χ4n) is 2.69. The summed E-state index contributed by atoms with van der Waals surface area (Å²) in [4.78, 5) is 7.32. The molecule has 1 aliphatic carbocycles. The molecule has 0 bridgehead atoms. The molecule has 1 aromatic heterocycles. The van der Waals surface area contributed by atoms with Gasteiger partial charge in [0.2, 0.25) is 0 Å². The first-order valence-electron chi connectivity index (χ1n) is 8.08. The number of nitrogens with zero attached hydrogens (tertiary/aromatic N) is 2. The second-order valence-electron chi connectivity index (χ2n) is 6.04. The number of anilines is 1. The third-order valence-electron chi connectivity index (χ3n) is 4.04. The molecule has 1 N–H and O–H groups in total. The first kappa shape index (κ1) is 15.3. The van der Waals surface area contributed by atoms with Crippen molar-refractivity contribution in [1.29, 1.82) is 0 Å². The first-order chi connectivity index (χ1) is 9.65. The predicted molar refractivity (Wildman–Crippen MR) is 86.3 cm³/mol. The van der Waals surface area contributed by atoms with E-state index in [1.807, 2.05) is 0 Å². The average molecular weight is 275 g/mol. The fourth-order valence-corrected chi connectivity index (χ4v) is 2.69. The van der Waals surface area contributed by atoms with E-state index < -0.39 is 0 Å². The van der Waals surface area contributed by atoms with E-state index in [-0.39, 0.29) is 0 Å². The molecule has 0 atom stereocenters. The Bertz CT molecular complexity index is 438. The van der Waals surface area contributed by atoms with Gasteiger partial charge in [0.05, 0.1) is 0 Å². The van der Waals surface area contributed by atoms with Crippen LogP contribution in [0.1, 0.15) is 49.9 Å². The van der Waals surface area contributed by atoms with E-state index in [1.165, 1.54) is 42.8 Å². The quantitative estimate of drug-likeness (QED) is 0.737. The highest BCUT2D eigenvalue weighted by molar-refractivity contribution is 5.51. The summed E-state index contributed by atoms with van der Waals surface area (Å²) in [7, 11) is 0. The lowest BCUT2D eigenvalue weighted by Crippen LogP contribution is -2.29. The lowest BCUT2D eigenvalue weighted by molar-refractivity contribution is 0.661. The number of pyridine rings is 1. The molecule has 112 valence electrons. The van der Waals surface area contributed by atoms with Gasteiger partial charge in [0.25, 0.3) is 0 Å². The van der Waals surface area contributed by atoms with Crippen LogP contribution in [-0.2, 0) is 6.54 Å². The monoisotopic (exact) mass is 275 g/mol. The van der Waals surface area contributed by atoms with Gasteiger partial charge in [0, 0.05) is 30.9 Å². The maximum Gasteiger partial charge on any atom is 0.133 e. The largest absolute Gasteiger partial charge is 0.356 e. The topological polar surface area (TPSA) is 28.2 Å². The molecule has 0 unspecified atom stereocenters. The van der Waals surface area contributed by atoms with Crippen LogP contribution in [-0.4, -0.2) is 24.6 Å². The molecular formula is C17H29N3. The van der Waals surface area contributed by atoms with Gasteiger partial charge in [0.15, 0.2) is 0 Å². The van der Waals surface area contributed by atoms with Gasteiger partial charge in [-0.05, 0) is 64.1 Å². The Morgan fingerprint density at radius 3 is 2.65 bits per heavy atom. The summed E-state index contributed by atoms with van der Waals surface area (Å²) in [5, 5.41) is 3.53. The standard InChI is InChI=1S/C17H29N3/c1-5-9-18-11-16-13(3)10-14(4)19-17(16)20(6-2)12-15-7-8-15/h10,15,18H,5-9,11-12H2,1-4H3. The van der Waals surface area contributed by atoms with Crippen LogP contribution in [0.4, 0.5) is 5.82 Å². The Balaban J connectivity index is 2.22. The molecule has 1 aromatic rings. The van der Waals surface area contributed by atoms with E-state index in [1.54, 1.807) is 0 Å². The van der Waals surface area contributed by atoms with Crippen LogP contribution in [0.5, 0.6) is 0 Å². The minimum absolute atomic E-state index is 0.897. The van der Waals surface area contributed by atoms with Crippen molar-refractivity contribution in [2.75, 3.05) is 24.5 Å². The number of rotatable bonds is 8. The van der Waals surface area contributed by atoms with Gasteiger partial charge in [-0.25, -0.2) is 4.98 Å². The molecule has 1 heterocycles. The van der Waals surface area contributed by atoms with Gasteiger partial charge < -0.3 is 10.2 Å². The number of hydrogen-bond donors (Lipinski definition) is 1. The van der Waals surface area contributed by atoms with Crippen molar-refractivity contribution in [3.05, 3.63) is 22.9 Å². The maximum absolute atomic E-state index is 4.85. The van der Waals surface area contributed by atoms with Crippen molar-refractivity contribution in [1.82, 2.24) is 10.3 Å². The molecule has 1 fully saturated rings. The van der Waals surface area contributed by atoms with Crippen LogP contribution in [0.2, 0.25) is 0 Å². The lowest BCUT2D eigenvalue weighted by atomic mass is 10.1. The van der Waals surface area contributed by atoms with Gasteiger partial charge in [-0.15, -0.1) is 0 Å². The van der Waals surface area contributed by atoms with Crippen molar-refractivity contribution in [3.8, 4) is 0 Å². The molecule has 3 heteroatoms. The molecule has 0 aliphatic heterocycles. The van der Waals surface area contributed by atoms with Crippen LogP contribution < -0.4 is 10.2 Å². The zero-order valence-corrected chi connectivity index (χ0v) is 13.5. The second kappa shape index (κ2) is 7.07. The Labute approximate surface area is 123 Å². The van der Waals surface area contributed by atoms with E-state index in [2.05, 4.69) is 44.0 Å². The van der Waals surface area contributed by atoms with E-state index in [9.17, 15) is 0 Å². The number of hydrogen-bond acceptors (Lipinski definition) is 3. The third-order valence-corrected chi connectivity index (χ3v) is 4.04. The molecule has 0 spiro atoms. The summed E-state index contributed by atoms with van der Waals surface area (Å²) < 4.78 is 0. The Morgan fingerprint density at radius 1 is 1.30 bits per heavy atom. The molecule has 0 saturated heterocycles. The third kappa shape index (κ3) is 3.95. The van der Waals surface area contributed by atoms with Crippen molar-refractivity contribution < 1.29 is 0 Å². The van der Waals surface area contributed by atoms with Gasteiger partial charge >= 0.3 is 0 Å². The number of aromatic nitrogens is 1. The maximum atomic E-state index is 4.85.